The van der Waals surface area contributed by atoms with Gasteiger partial charge in [-0.3, -0.25) is 4.79 Å². The molecule has 3 nitrogen and oxygen atoms in total. The third kappa shape index (κ3) is 2.71. The molecule has 0 aliphatic carbocycles. The molecule has 1 heterocycles. The lowest BCUT2D eigenvalue weighted by Gasteiger charge is -2.04. The highest BCUT2D eigenvalue weighted by Gasteiger charge is 2.05. The Bertz CT molecular complexity index is 816. The lowest BCUT2D eigenvalue weighted by atomic mass is 10.2. The fourth-order valence-electron chi connectivity index (χ4n) is 1.89. The Hall–Kier alpha value is -1.78. The molecule has 3 rings (SSSR count). The summed E-state index contributed by atoms with van der Waals surface area (Å²) in [6.45, 7) is 0. The second-order valence-corrected chi connectivity index (χ2v) is 5.64. The van der Waals surface area contributed by atoms with E-state index in [0.29, 0.717) is 21.8 Å². The van der Waals surface area contributed by atoms with Crippen LogP contribution in [0.15, 0.2) is 58.5 Å². The molecule has 0 aliphatic heterocycles. The highest BCUT2D eigenvalue weighted by atomic mass is 35.5. The fourth-order valence-corrected chi connectivity index (χ4v) is 3.05. The van der Waals surface area contributed by atoms with E-state index in [-0.39, 0.29) is 5.56 Å². The van der Waals surface area contributed by atoms with Gasteiger partial charge in [0, 0.05) is 10.8 Å². The van der Waals surface area contributed by atoms with E-state index >= 15 is 0 Å². The van der Waals surface area contributed by atoms with Gasteiger partial charge in [-0.2, -0.15) is 0 Å². The summed E-state index contributed by atoms with van der Waals surface area (Å²) in [5.74, 6) is 0.668. The van der Waals surface area contributed by atoms with Gasteiger partial charge in [0.2, 0.25) is 0 Å². The standard InChI is InChI=1S/C15H11ClN2OS/c16-12-7-3-1-5-10(12)9-20-15-17-13-8-4-2-6-11(13)14(19)18-15/h1-8H,9H2,(H,17,18,19). The van der Waals surface area contributed by atoms with E-state index in [1.807, 2.05) is 42.5 Å². The zero-order valence-electron chi connectivity index (χ0n) is 10.5. The van der Waals surface area contributed by atoms with E-state index in [9.17, 15) is 4.79 Å². The molecular weight excluding hydrogens is 292 g/mol. The first-order valence-corrected chi connectivity index (χ1v) is 7.45. The number of nitrogens with one attached hydrogen (secondary N) is 1. The predicted molar refractivity (Wildman–Crippen MR) is 83.4 cm³/mol. The summed E-state index contributed by atoms with van der Waals surface area (Å²) < 4.78 is 0. The van der Waals surface area contributed by atoms with Gasteiger partial charge in [-0.25, -0.2) is 4.98 Å². The number of aromatic amines is 1. The van der Waals surface area contributed by atoms with Crippen LogP contribution in [0.25, 0.3) is 10.9 Å². The smallest absolute Gasteiger partial charge is 0.259 e. The van der Waals surface area contributed by atoms with E-state index in [1.165, 1.54) is 11.8 Å². The number of H-pyrrole nitrogens is 1. The van der Waals surface area contributed by atoms with Crippen LogP contribution >= 0.6 is 23.4 Å². The van der Waals surface area contributed by atoms with Crippen molar-refractivity contribution in [2.24, 2.45) is 0 Å². The Morgan fingerprint density at radius 3 is 2.70 bits per heavy atom. The lowest BCUT2D eigenvalue weighted by molar-refractivity contribution is 0.973. The van der Waals surface area contributed by atoms with Crippen LogP contribution in [0, 0.1) is 0 Å². The third-order valence-corrected chi connectivity index (χ3v) is 4.20. The SMILES string of the molecule is O=c1[nH]c(SCc2ccccc2Cl)nc2ccccc12. The molecule has 100 valence electrons. The maximum absolute atomic E-state index is 11.9. The molecule has 0 spiro atoms. The number of benzene rings is 2. The van der Waals surface area contributed by atoms with Crippen molar-refractivity contribution in [2.45, 2.75) is 10.9 Å². The van der Waals surface area contributed by atoms with Crippen LogP contribution in [0.4, 0.5) is 0 Å². The minimum absolute atomic E-state index is 0.114. The van der Waals surface area contributed by atoms with Gasteiger partial charge in [0.25, 0.3) is 5.56 Å². The molecular formula is C15H11ClN2OS. The summed E-state index contributed by atoms with van der Waals surface area (Å²) >= 11 is 7.58. The maximum Gasteiger partial charge on any atom is 0.259 e. The number of hydrogen-bond donors (Lipinski definition) is 1. The zero-order valence-corrected chi connectivity index (χ0v) is 12.0. The predicted octanol–water partition coefficient (Wildman–Crippen LogP) is 3.87. The Labute approximate surface area is 125 Å². The van der Waals surface area contributed by atoms with Gasteiger partial charge in [0.05, 0.1) is 10.9 Å². The van der Waals surface area contributed by atoms with Crippen molar-refractivity contribution >= 4 is 34.3 Å². The van der Waals surface area contributed by atoms with Crippen LogP contribution < -0.4 is 5.56 Å². The number of rotatable bonds is 3. The molecule has 0 aliphatic rings. The monoisotopic (exact) mass is 302 g/mol. The number of fused-ring (bicyclic) bond motifs is 1. The zero-order chi connectivity index (χ0) is 13.9. The lowest BCUT2D eigenvalue weighted by Crippen LogP contribution is -2.08. The van der Waals surface area contributed by atoms with Gasteiger partial charge in [0.1, 0.15) is 0 Å². The summed E-state index contributed by atoms with van der Waals surface area (Å²) in [5.41, 5.74) is 1.62. The van der Waals surface area contributed by atoms with Gasteiger partial charge in [-0.15, -0.1) is 0 Å². The molecule has 0 saturated carbocycles. The average molecular weight is 303 g/mol. The van der Waals surface area contributed by atoms with Crippen LogP contribution in [0.3, 0.4) is 0 Å². The molecule has 20 heavy (non-hydrogen) atoms. The molecule has 1 N–H and O–H groups in total. The molecule has 3 aromatic rings. The highest BCUT2D eigenvalue weighted by Crippen LogP contribution is 2.24. The largest absolute Gasteiger partial charge is 0.301 e. The second-order valence-electron chi connectivity index (χ2n) is 4.27. The summed E-state index contributed by atoms with van der Waals surface area (Å²) in [6.07, 6.45) is 0. The van der Waals surface area contributed by atoms with Crippen molar-refractivity contribution < 1.29 is 0 Å². The van der Waals surface area contributed by atoms with Gasteiger partial charge < -0.3 is 4.98 Å². The minimum Gasteiger partial charge on any atom is -0.301 e. The van der Waals surface area contributed by atoms with E-state index in [1.54, 1.807) is 6.07 Å². The van der Waals surface area contributed by atoms with Crippen molar-refractivity contribution in [3.63, 3.8) is 0 Å². The summed E-state index contributed by atoms with van der Waals surface area (Å²) in [5, 5.41) is 1.94. The van der Waals surface area contributed by atoms with Gasteiger partial charge in [0.15, 0.2) is 5.16 Å². The molecule has 0 bridgehead atoms. The topological polar surface area (TPSA) is 45.8 Å². The summed E-state index contributed by atoms with van der Waals surface area (Å²) in [7, 11) is 0. The maximum atomic E-state index is 11.9. The number of aromatic nitrogens is 2. The minimum atomic E-state index is -0.114. The van der Waals surface area contributed by atoms with Crippen LogP contribution in [-0.2, 0) is 5.75 Å². The number of halogens is 1. The third-order valence-electron chi connectivity index (χ3n) is 2.91. The Balaban J connectivity index is 1.88. The van der Waals surface area contributed by atoms with Crippen molar-refractivity contribution in [2.75, 3.05) is 0 Å². The average Bonchev–Trinajstić information content (AvgIpc) is 2.46. The van der Waals surface area contributed by atoms with E-state index in [2.05, 4.69) is 9.97 Å². The molecule has 0 amide bonds. The van der Waals surface area contributed by atoms with Crippen LogP contribution in [-0.4, -0.2) is 9.97 Å². The number of hydrogen-bond acceptors (Lipinski definition) is 3. The first-order valence-electron chi connectivity index (χ1n) is 6.09. The summed E-state index contributed by atoms with van der Waals surface area (Å²) in [6, 6.07) is 15.0. The molecule has 5 heteroatoms. The first-order chi connectivity index (χ1) is 9.74. The second kappa shape index (κ2) is 5.69. The molecule has 2 aromatic carbocycles. The van der Waals surface area contributed by atoms with Crippen LogP contribution in [0.1, 0.15) is 5.56 Å². The van der Waals surface area contributed by atoms with Gasteiger partial charge in [-0.1, -0.05) is 53.7 Å². The Morgan fingerprint density at radius 1 is 1.10 bits per heavy atom. The van der Waals surface area contributed by atoms with Crippen molar-refractivity contribution in [1.82, 2.24) is 9.97 Å². The van der Waals surface area contributed by atoms with Crippen molar-refractivity contribution in [3.05, 3.63) is 69.5 Å². The van der Waals surface area contributed by atoms with Crippen molar-refractivity contribution in [1.29, 1.82) is 0 Å². The normalized spacial score (nSPS) is 10.8. The first kappa shape index (κ1) is 13.2. The van der Waals surface area contributed by atoms with E-state index < -0.39 is 0 Å². The molecule has 0 unspecified atom stereocenters. The quantitative estimate of drug-likeness (QED) is 0.590. The Morgan fingerprint density at radius 2 is 1.85 bits per heavy atom. The Kier molecular flexibility index (Phi) is 3.76. The molecule has 1 aromatic heterocycles. The highest BCUT2D eigenvalue weighted by molar-refractivity contribution is 7.98. The van der Waals surface area contributed by atoms with Crippen LogP contribution in [0.5, 0.6) is 0 Å². The number of thioether (sulfide) groups is 1. The summed E-state index contributed by atoms with van der Waals surface area (Å²) in [4.78, 5) is 19.2. The van der Waals surface area contributed by atoms with E-state index in [0.717, 1.165) is 10.6 Å². The molecule has 0 atom stereocenters. The molecule has 0 radical (unpaired) electrons. The van der Waals surface area contributed by atoms with E-state index in [4.69, 9.17) is 11.6 Å². The molecule has 0 fully saturated rings. The van der Waals surface area contributed by atoms with Crippen molar-refractivity contribution in [3.8, 4) is 0 Å². The van der Waals surface area contributed by atoms with Gasteiger partial charge in [-0.05, 0) is 23.8 Å². The van der Waals surface area contributed by atoms with Gasteiger partial charge >= 0.3 is 0 Å². The fraction of sp³-hybridized carbons (Fsp3) is 0.0667. The van der Waals surface area contributed by atoms with Crippen LogP contribution in [0.2, 0.25) is 5.02 Å². The molecule has 0 saturated heterocycles. The number of nitrogens with zero attached hydrogens (tertiary/aromatic N) is 1. The number of para-hydroxylation sites is 1.